The normalized spacial score (nSPS) is 18.4. The summed E-state index contributed by atoms with van der Waals surface area (Å²) in [5, 5.41) is 0. The molecule has 0 nitrogen and oxygen atoms in total. The lowest BCUT2D eigenvalue weighted by atomic mass is 9.56. The molecule has 0 aromatic heterocycles. The van der Waals surface area contributed by atoms with Gasteiger partial charge in [-0.3, -0.25) is 0 Å². The molecule has 0 saturated carbocycles. The quantitative estimate of drug-likeness (QED) is 0.184. The third kappa shape index (κ3) is 4.04. The molecule has 0 N–H and O–H groups in total. The summed E-state index contributed by atoms with van der Waals surface area (Å²) in [5.74, 6) is 0. The van der Waals surface area contributed by atoms with E-state index in [9.17, 15) is 0 Å². The van der Waals surface area contributed by atoms with Crippen LogP contribution in [0.2, 0.25) is 0 Å². The van der Waals surface area contributed by atoms with E-state index in [4.69, 9.17) is 0 Å². The molecule has 0 heterocycles. The summed E-state index contributed by atoms with van der Waals surface area (Å²) in [6.45, 7) is 0. The maximum absolute atomic E-state index is 2.50. The number of allylic oxidation sites excluding steroid dienone is 10. The van der Waals surface area contributed by atoms with Crippen molar-refractivity contribution in [2.75, 3.05) is 0 Å². The van der Waals surface area contributed by atoms with Gasteiger partial charge in [0.15, 0.2) is 0 Å². The molecule has 6 aromatic carbocycles. The van der Waals surface area contributed by atoms with Crippen molar-refractivity contribution in [3.63, 3.8) is 0 Å². The first kappa shape index (κ1) is 27.8. The Bertz CT molecular complexity index is 2480. The van der Waals surface area contributed by atoms with Crippen LogP contribution in [0.3, 0.4) is 0 Å². The molecule has 1 spiro atoms. The predicted molar refractivity (Wildman–Crippen MR) is 207 cm³/mol. The van der Waals surface area contributed by atoms with E-state index in [0.717, 1.165) is 0 Å². The molecule has 0 amide bonds. The van der Waals surface area contributed by atoms with Crippen LogP contribution in [0.4, 0.5) is 0 Å². The van der Waals surface area contributed by atoms with Crippen LogP contribution in [0.5, 0.6) is 0 Å². The van der Waals surface area contributed by atoms with E-state index in [1.807, 2.05) is 0 Å². The molecule has 49 heavy (non-hydrogen) atoms. The van der Waals surface area contributed by atoms with E-state index in [-0.39, 0.29) is 0 Å². The summed E-state index contributed by atoms with van der Waals surface area (Å²) in [6.07, 6.45) is 12.1. The molecular formula is C49H32. The van der Waals surface area contributed by atoms with Crippen LogP contribution < -0.4 is 0 Å². The minimum absolute atomic E-state index is 0.545. The van der Waals surface area contributed by atoms with Crippen LogP contribution in [0.1, 0.15) is 38.9 Å². The molecule has 0 fully saturated rings. The maximum atomic E-state index is 2.50. The summed E-state index contributed by atoms with van der Waals surface area (Å²) in [5.41, 5.74) is 20.0. The summed E-state index contributed by atoms with van der Waals surface area (Å²) >= 11 is 0. The van der Waals surface area contributed by atoms with Gasteiger partial charge < -0.3 is 0 Å². The van der Waals surface area contributed by atoms with Crippen LogP contribution in [0.25, 0.3) is 51.1 Å². The Morgan fingerprint density at radius 3 is 1.59 bits per heavy atom. The van der Waals surface area contributed by atoms with Crippen molar-refractivity contribution in [1.82, 2.24) is 0 Å². The Balaban J connectivity index is 1.42. The average molecular weight is 621 g/mol. The molecule has 4 aliphatic carbocycles. The van der Waals surface area contributed by atoms with Crippen molar-refractivity contribution in [1.29, 1.82) is 0 Å². The first-order valence-corrected chi connectivity index (χ1v) is 17.1. The van der Waals surface area contributed by atoms with Gasteiger partial charge in [0.2, 0.25) is 0 Å². The van der Waals surface area contributed by atoms with E-state index in [2.05, 4.69) is 194 Å². The maximum Gasteiger partial charge on any atom is 0.0659 e. The molecule has 1 unspecified atom stereocenters. The smallest absolute Gasteiger partial charge is 0.0651 e. The second kappa shape index (κ2) is 10.9. The Kier molecular flexibility index (Phi) is 6.19. The second-order valence-electron chi connectivity index (χ2n) is 13.2. The Morgan fingerprint density at radius 2 is 0.898 bits per heavy atom. The number of benzene rings is 6. The van der Waals surface area contributed by atoms with Gasteiger partial charge in [-0.2, -0.15) is 0 Å². The van der Waals surface area contributed by atoms with Crippen molar-refractivity contribution >= 4 is 40.0 Å². The van der Waals surface area contributed by atoms with E-state index < -0.39 is 5.41 Å². The van der Waals surface area contributed by atoms with Crippen molar-refractivity contribution < 1.29 is 0 Å². The lowest BCUT2D eigenvalue weighted by Crippen LogP contribution is -2.31. The first-order valence-electron chi connectivity index (χ1n) is 17.1. The van der Waals surface area contributed by atoms with Gasteiger partial charge >= 0.3 is 0 Å². The van der Waals surface area contributed by atoms with Crippen molar-refractivity contribution in [3.8, 4) is 11.1 Å². The number of hydrogen-bond acceptors (Lipinski definition) is 0. The third-order valence-electron chi connectivity index (χ3n) is 10.6. The lowest BCUT2D eigenvalue weighted by Gasteiger charge is -2.45. The molecule has 4 aliphatic rings. The van der Waals surface area contributed by atoms with Crippen LogP contribution in [0.15, 0.2) is 193 Å². The van der Waals surface area contributed by atoms with E-state index in [0.29, 0.717) is 0 Å². The average Bonchev–Trinajstić information content (AvgIpc) is 3.77. The monoisotopic (exact) mass is 620 g/mol. The summed E-state index contributed by atoms with van der Waals surface area (Å²) in [6, 6.07) is 59.9. The van der Waals surface area contributed by atoms with Gasteiger partial charge in [-0.15, -0.1) is 0 Å². The minimum Gasteiger partial charge on any atom is -0.0651 e. The Hall–Kier alpha value is -6.24. The largest absolute Gasteiger partial charge is 0.0659 e. The van der Waals surface area contributed by atoms with Crippen LogP contribution >= 0.6 is 0 Å². The fourth-order valence-corrected chi connectivity index (χ4v) is 8.69. The van der Waals surface area contributed by atoms with E-state index in [1.54, 1.807) is 0 Å². The topological polar surface area (TPSA) is 0 Å². The van der Waals surface area contributed by atoms with Gasteiger partial charge in [-0.05, 0) is 101 Å². The number of fused-ring (bicyclic) bond motifs is 8. The van der Waals surface area contributed by atoms with Gasteiger partial charge in [0.1, 0.15) is 0 Å². The van der Waals surface area contributed by atoms with Crippen molar-refractivity contribution in [2.24, 2.45) is 5.41 Å². The minimum atomic E-state index is -0.545. The summed E-state index contributed by atoms with van der Waals surface area (Å²) in [7, 11) is 0. The molecule has 0 aliphatic heterocycles. The molecule has 0 heteroatoms. The lowest BCUT2D eigenvalue weighted by molar-refractivity contribution is 0.782. The molecule has 0 bridgehead atoms. The van der Waals surface area contributed by atoms with Crippen molar-refractivity contribution in [2.45, 2.75) is 0 Å². The van der Waals surface area contributed by atoms with Gasteiger partial charge in [0, 0.05) is 0 Å². The highest BCUT2D eigenvalue weighted by Crippen LogP contribution is 2.69. The summed E-state index contributed by atoms with van der Waals surface area (Å²) in [4.78, 5) is 0. The number of rotatable bonds is 4. The zero-order valence-electron chi connectivity index (χ0n) is 27.0. The molecular weight excluding hydrogens is 589 g/mol. The predicted octanol–water partition coefficient (Wildman–Crippen LogP) is 12.3. The molecule has 1 atom stereocenters. The zero-order valence-corrected chi connectivity index (χ0v) is 27.0. The zero-order chi connectivity index (χ0) is 32.4. The first-order chi connectivity index (χ1) is 24.3. The molecule has 0 radical (unpaired) electrons. The highest BCUT2D eigenvalue weighted by atomic mass is 14.5. The van der Waals surface area contributed by atoms with Gasteiger partial charge in [-0.25, -0.2) is 0 Å². The second-order valence-corrected chi connectivity index (χ2v) is 13.2. The van der Waals surface area contributed by atoms with Crippen LogP contribution in [-0.4, -0.2) is 0 Å². The molecule has 0 saturated heterocycles. The fraction of sp³-hybridized carbons (Fsp3) is 0.0204. The highest BCUT2D eigenvalue weighted by Gasteiger charge is 2.52. The third-order valence-corrected chi connectivity index (χ3v) is 10.6. The molecule has 10 rings (SSSR count). The SMILES string of the molecule is C1=CC2(C3=Cc4ccccc4C3=C1)C1=Cc3cccc(-c4ccccc4)c3C1=C(c1ccccc1)C(c1ccccc1)=C2c1ccccc1. The highest BCUT2D eigenvalue weighted by molar-refractivity contribution is 6.32. The Labute approximate surface area is 287 Å². The van der Waals surface area contributed by atoms with Crippen LogP contribution in [0, 0.1) is 5.41 Å². The summed E-state index contributed by atoms with van der Waals surface area (Å²) < 4.78 is 0. The van der Waals surface area contributed by atoms with Crippen LogP contribution in [-0.2, 0) is 0 Å². The van der Waals surface area contributed by atoms with Gasteiger partial charge in [0.25, 0.3) is 0 Å². The van der Waals surface area contributed by atoms with E-state index in [1.165, 1.54) is 89.1 Å². The van der Waals surface area contributed by atoms with Gasteiger partial charge in [0.05, 0.1) is 5.41 Å². The van der Waals surface area contributed by atoms with Crippen molar-refractivity contribution in [3.05, 3.63) is 232 Å². The molecule has 228 valence electrons. The molecule has 6 aromatic rings. The standard InChI is InChI=1S/C49H32/c1-5-17-33(18-6-1)40-28-15-26-38-32-43-47(44(38)40)45(34-19-7-2-8-20-34)46(35-21-9-3-10-22-35)48(36-23-11-4-12-24-36)49(43)30-16-29-41-39-27-14-13-25-37(39)31-42(41)49/h1-32H. The Morgan fingerprint density at radius 1 is 0.367 bits per heavy atom. The fourth-order valence-electron chi connectivity index (χ4n) is 8.69. The van der Waals surface area contributed by atoms with E-state index >= 15 is 0 Å². The van der Waals surface area contributed by atoms with Gasteiger partial charge in [-0.1, -0.05) is 182 Å². The number of hydrogen-bond donors (Lipinski definition) is 0.